The van der Waals surface area contributed by atoms with Crippen molar-refractivity contribution >= 4 is 5.97 Å². The molecule has 26 heavy (non-hydrogen) atoms. The Balaban J connectivity index is 2.04. The van der Waals surface area contributed by atoms with Crippen LogP contribution in [0, 0.1) is 19.8 Å². The van der Waals surface area contributed by atoms with E-state index < -0.39 is 30.4 Å². The van der Waals surface area contributed by atoms with Crippen LogP contribution in [0.2, 0.25) is 0 Å². The first-order valence-electron chi connectivity index (χ1n) is 9.05. The zero-order chi connectivity index (χ0) is 18.8. The van der Waals surface area contributed by atoms with Crippen molar-refractivity contribution in [2.45, 2.75) is 52.1 Å². The molecular formula is C22H26O4. The summed E-state index contributed by atoms with van der Waals surface area (Å²) in [5, 5.41) is 10.4. The first-order valence-corrected chi connectivity index (χ1v) is 9.05. The monoisotopic (exact) mass is 354 g/mol. The average Bonchev–Trinajstić information content (AvgIpc) is 2.62. The summed E-state index contributed by atoms with van der Waals surface area (Å²) in [6.07, 6.45) is -2.90. The highest BCUT2D eigenvalue weighted by Gasteiger charge is 2.44. The molecule has 0 unspecified atom stereocenters. The predicted octanol–water partition coefficient (Wildman–Crippen LogP) is 4.04. The van der Waals surface area contributed by atoms with E-state index in [2.05, 4.69) is 0 Å². The lowest BCUT2D eigenvalue weighted by Crippen LogP contribution is -2.47. The Morgan fingerprint density at radius 2 is 1.38 bits per heavy atom. The predicted molar refractivity (Wildman–Crippen MR) is 99.6 cm³/mol. The quantitative estimate of drug-likeness (QED) is 0.842. The Kier molecular flexibility index (Phi) is 5.44. The van der Waals surface area contributed by atoms with Gasteiger partial charge in [0.2, 0.25) is 0 Å². The van der Waals surface area contributed by atoms with Crippen LogP contribution < -0.4 is 0 Å². The largest absolute Gasteiger partial charge is 0.452 e. The number of benzene rings is 2. The summed E-state index contributed by atoms with van der Waals surface area (Å²) >= 11 is 0. The zero-order valence-corrected chi connectivity index (χ0v) is 15.7. The molecule has 0 aromatic heterocycles. The highest BCUT2D eigenvalue weighted by molar-refractivity contribution is 5.76. The van der Waals surface area contributed by atoms with Gasteiger partial charge in [-0.1, -0.05) is 62.4 Å². The van der Waals surface area contributed by atoms with Crippen molar-refractivity contribution in [3.05, 3.63) is 70.8 Å². The fraction of sp³-hybridized carbons (Fsp3) is 0.409. The van der Waals surface area contributed by atoms with Gasteiger partial charge in [-0.25, -0.2) is 4.79 Å². The van der Waals surface area contributed by atoms with Crippen LogP contribution in [-0.4, -0.2) is 23.3 Å². The zero-order valence-electron chi connectivity index (χ0n) is 15.7. The molecular weight excluding hydrogens is 328 g/mol. The summed E-state index contributed by atoms with van der Waals surface area (Å²) in [5.74, 6) is -0.621. The molecule has 4 nitrogen and oxygen atoms in total. The Bertz CT molecular complexity index is 783. The Hall–Kier alpha value is -2.17. The third-order valence-electron chi connectivity index (χ3n) is 5.03. The van der Waals surface area contributed by atoms with Crippen LogP contribution in [0.3, 0.4) is 0 Å². The van der Waals surface area contributed by atoms with Crippen LogP contribution in [0.15, 0.2) is 48.5 Å². The molecule has 1 heterocycles. The second-order valence-corrected chi connectivity index (χ2v) is 7.28. The number of aliphatic hydroxyl groups is 1. The normalized spacial score (nSPS) is 24.4. The van der Waals surface area contributed by atoms with Gasteiger partial charge in [0.15, 0.2) is 12.2 Å². The van der Waals surface area contributed by atoms with Crippen molar-refractivity contribution in [2.75, 3.05) is 0 Å². The van der Waals surface area contributed by atoms with Crippen LogP contribution in [0.5, 0.6) is 0 Å². The van der Waals surface area contributed by atoms with Gasteiger partial charge in [0, 0.05) is 0 Å². The van der Waals surface area contributed by atoms with Crippen molar-refractivity contribution in [2.24, 2.45) is 5.92 Å². The highest BCUT2D eigenvalue weighted by atomic mass is 16.6. The van der Waals surface area contributed by atoms with Gasteiger partial charge < -0.3 is 14.6 Å². The molecule has 1 saturated heterocycles. The van der Waals surface area contributed by atoms with Gasteiger partial charge >= 0.3 is 5.97 Å². The smallest absolute Gasteiger partial charge is 0.338 e. The molecule has 1 N–H and O–H groups in total. The van der Waals surface area contributed by atoms with Crippen LogP contribution in [-0.2, 0) is 14.3 Å². The van der Waals surface area contributed by atoms with Crippen LogP contribution >= 0.6 is 0 Å². The average molecular weight is 354 g/mol. The topological polar surface area (TPSA) is 55.8 Å². The van der Waals surface area contributed by atoms with Gasteiger partial charge in [0.25, 0.3) is 0 Å². The van der Waals surface area contributed by atoms with Gasteiger partial charge in [-0.05, 0) is 42.0 Å². The third-order valence-corrected chi connectivity index (χ3v) is 5.03. The number of carbonyl (C=O) groups excluding carboxylic acids is 1. The lowest BCUT2D eigenvalue weighted by molar-refractivity contribution is -0.219. The number of hydrogen-bond acceptors (Lipinski definition) is 4. The van der Waals surface area contributed by atoms with Crippen LogP contribution in [0.25, 0.3) is 0 Å². The first-order chi connectivity index (χ1) is 12.4. The highest BCUT2D eigenvalue weighted by Crippen LogP contribution is 2.42. The molecule has 3 rings (SSSR count). The lowest BCUT2D eigenvalue weighted by atomic mass is 9.90. The number of rotatable bonds is 4. The number of hydrogen-bond donors (Lipinski definition) is 1. The van der Waals surface area contributed by atoms with Crippen molar-refractivity contribution in [1.82, 2.24) is 0 Å². The second kappa shape index (κ2) is 7.60. The van der Waals surface area contributed by atoms with E-state index in [9.17, 15) is 9.90 Å². The fourth-order valence-corrected chi connectivity index (χ4v) is 3.38. The number of aryl methyl sites for hydroxylation is 2. The summed E-state index contributed by atoms with van der Waals surface area (Å²) in [6.45, 7) is 7.72. The molecule has 138 valence electrons. The molecule has 4 heteroatoms. The molecule has 2 aromatic rings. The molecule has 4 atom stereocenters. The van der Waals surface area contributed by atoms with E-state index in [4.69, 9.17) is 9.47 Å². The summed E-state index contributed by atoms with van der Waals surface area (Å²) in [4.78, 5) is 12.6. The molecule has 2 aromatic carbocycles. The molecule has 0 spiro atoms. The SMILES string of the molecule is Cc1ccccc1[C@@H]1OC(=O)[C@H]([C@@H](O)C(C)C)O[C@H]1c1ccccc1C. The minimum atomic E-state index is -0.986. The standard InChI is InChI=1S/C22H26O4/c1-13(2)18(23)21-22(24)26-20(17-12-8-6-10-15(17)4)19(25-21)16-11-7-5-9-14(16)3/h5-13,18-21,23H,1-4H3/t18-,19-,20-,21-/m0/s1. The summed E-state index contributed by atoms with van der Waals surface area (Å²) < 4.78 is 12.0. The summed E-state index contributed by atoms with van der Waals surface area (Å²) in [7, 11) is 0. The fourth-order valence-electron chi connectivity index (χ4n) is 3.38. The minimum absolute atomic E-state index is 0.111. The molecule has 0 saturated carbocycles. The maximum atomic E-state index is 12.6. The lowest BCUT2D eigenvalue weighted by Gasteiger charge is -2.39. The first kappa shape index (κ1) is 18.6. The minimum Gasteiger partial charge on any atom is -0.452 e. The van der Waals surface area contributed by atoms with Gasteiger partial charge in [0.05, 0.1) is 6.10 Å². The molecule has 1 aliphatic rings. The maximum absolute atomic E-state index is 12.6. The van der Waals surface area contributed by atoms with Crippen molar-refractivity contribution in [3.63, 3.8) is 0 Å². The maximum Gasteiger partial charge on any atom is 0.338 e. The molecule has 0 amide bonds. The van der Waals surface area contributed by atoms with Gasteiger partial charge in [-0.15, -0.1) is 0 Å². The van der Waals surface area contributed by atoms with E-state index >= 15 is 0 Å². The number of ether oxygens (including phenoxy) is 2. The Morgan fingerprint density at radius 3 is 1.88 bits per heavy atom. The van der Waals surface area contributed by atoms with Gasteiger partial charge in [-0.2, -0.15) is 0 Å². The van der Waals surface area contributed by atoms with E-state index in [1.807, 2.05) is 76.2 Å². The number of aliphatic hydroxyl groups excluding tert-OH is 1. The van der Waals surface area contributed by atoms with E-state index in [0.717, 1.165) is 22.3 Å². The molecule has 0 radical (unpaired) electrons. The van der Waals surface area contributed by atoms with Crippen molar-refractivity contribution in [1.29, 1.82) is 0 Å². The molecule has 1 aliphatic heterocycles. The van der Waals surface area contributed by atoms with E-state index in [-0.39, 0.29) is 5.92 Å². The number of esters is 1. The van der Waals surface area contributed by atoms with Crippen molar-refractivity contribution < 1.29 is 19.4 Å². The Morgan fingerprint density at radius 1 is 0.885 bits per heavy atom. The van der Waals surface area contributed by atoms with E-state index in [1.54, 1.807) is 0 Å². The third kappa shape index (κ3) is 3.53. The van der Waals surface area contributed by atoms with Crippen LogP contribution in [0.1, 0.15) is 48.3 Å². The second-order valence-electron chi connectivity index (χ2n) is 7.28. The molecule has 0 aliphatic carbocycles. The van der Waals surface area contributed by atoms with Crippen LogP contribution in [0.4, 0.5) is 0 Å². The van der Waals surface area contributed by atoms with E-state index in [0.29, 0.717) is 0 Å². The number of carbonyl (C=O) groups is 1. The summed E-state index contributed by atoms with van der Waals surface area (Å²) in [5.41, 5.74) is 3.99. The molecule has 1 fully saturated rings. The van der Waals surface area contributed by atoms with Crippen molar-refractivity contribution in [3.8, 4) is 0 Å². The number of cyclic esters (lactones) is 1. The Labute approximate surface area is 154 Å². The summed E-state index contributed by atoms with van der Waals surface area (Å²) in [6, 6.07) is 15.8. The molecule has 0 bridgehead atoms. The van der Waals surface area contributed by atoms with Gasteiger partial charge in [0.1, 0.15) is 6.10 Å². The van der Waals surface area contributed by atoms with Gasteiger partial charge in [-0.3, -0.25) is 0 Å². The van der Waals surface area contributed by atoms with E-state index in [1.165, 1.54) is 0 Å².